The highest BCUT2D eigenvalue weighted by Gasteiger charge is 2.29. The number of hydrogen-bond acceptors (Lipinski definition) is 14. The summed E-state index contributed by atoms with van der Waals surface area (Å²) in [7, 11) is -9.82. The molecule has 18 heteroatoms. The van der Waals surface area contributed by atoms with E-state index in [-0.39, 0.29) is 19.3 Å². The summed E-state index contributed by atoms with van der Waals surface area (Å²) in [6, 6.07) is 0. The molecule has 5 unspecified atom stereocenters. The molecule has 656 valence electrons. The molecule has 0 saturated heterocycles. The lowest BCUT2D eigenvalue weighted by Crippen LogP contribution is -2.30. The molecule has 0 radical (unpaired) electrons. The SMILES string of the molecule is CC/C=C\C/C=C\C/C=C\C/C=C\C/C=C\C/C=C\CCCCCCCCCCCCCCC(=O)OCC(O)COP(=O)(O)OCC(O)COP(=O)(O)OCC(COC(=O)CCCCCCCCCCCCC/C=C\C/C=C\C/C=C\C/C=C\CCCCC)OC(=O)CCCCCCC/C=C\C/C=C\C/C=C\C/C=C\C/C=C\CC. The molecule has 0 fully saturated rings. The number of allylic oxidation sites excluding steroid dienone is 30. The molecular weight excluding hydrogens is 1480 g/mol. The normalized spacial score (nSPS) is 14.7. The van der Waals surface area contributed by atoms with Gasteiger partial charge in [-0.1, -0.05) is 357 Å². The van der Waals surface area contributed by atoms with Crippen LogP contribution >= 0.6 is 15.6 Å². The largest absolute Gasteiger partial charge is 0.472 e. The third-order valence-electron chi connectivity index (χ3n) is 18.6. The van der Waals surface area contributed by atoms with Crippen LogP contribution in [-0.2, 0) is 55.8 Å². The van der Waals surface area contributed by atoms with Crippen molar-refractivity contribution in [3.05, 3.63) is 182 Å². The summed E-state index contributed by atoms with van der Waals surface area (Å²) in [5, 5.41) is 20.7. The zero-order valence-corrected chi connectivity index (χ0v) is 73.9. The molecule has 16 nitrogen and oxygen atoms in total. The first-order valence-electron chi connectivity index (χ1n) is 45.1. The Labute approximate surface area is 700 Å². The fourth-order valence-electron chi connectivity index (χ4n) is 11.8. The minimum absolute atomic E-state index is 0.0765. The lowest BCUT2D eigenvalue weighted by molar-refractivity contribution is -0.161. The number of aliphatic hydroxyl groups excluding tert-OH is 2. The van der Waals surface area contributed by atoms with E-state index in [1.54, 1.807) is 0 Å². The molecule has 0 aromatic rings. The lowest BCUT2D eigenvalue weighted by atomic mass is 10.0. The van der Waals surface area contributed by atoms with Gasteiger partial charge in [0.25, 0.3) is 0 Å². The molecule has 0 aliphatic heterocycles. The molecule has 0 aromatic carbocycles. The molecule has 0 aliphatic rings. The van der Waals surface area contributed by atoms with E-state index in [0.717, 1.165) is 180 Å². The van der Waals surface area contributed by atoms with Crippen molar-refractivity contribution in [3.8, 4) is 0 Å². The molecular formula is C97H162O16P2. The minimum Gasteiger partial charge on any atom is -0.463 e. The monoisotopic (exact) mass is 1650 g/mol. The number of phosphoric acid groups is 2. The van der Waals surface area contributed by atoms with Gasteiger partial charge in [0.2, 0.25) is 0 Å². The van der Waals surface area contributed by atoms with Crippen LogP contribution in [0.1, 0.15) is 355 Å². The van der Waals surface area contributed by atoms with E-state index in [0.29, 0.717) is 19.3 Å². The van der Waals surface area contributed by atoms with Gasteiger partial charge >= 0.3 is 33.6 Å². The molecule has 0 heterocycles. The number of hydrogen-bond donors (Lipinski definition) is 4. The molecule has 0 spiro atoms. The summed E-state index contributed by atoms with van der Waals surface area (Å²) in [5.74, 6) is -1.60. The molecule has 0 aliphatic carbocycles. The van der Waals surface area contributed by atoms with E-state index in [1.807, 2.05) is 0 Å². The van der Waals surface area contributed by atoms with E-state index in [4.69, 9.17) is 32.3 Å². The van der Waals surface area contributed by atoms with Gasteiger partial charge in [-0.15, -0.1) is 0 Å². The second-order valence-corrected chi connectivity index (χ2v) is 32.5. The number of phosphoric ester groups is 2. The number of esters is 3. The minimum atomic E-state index is -4.95. The lowest BCUT2D eigenvalue weighted by Gasteiger charge is -2.21. The highest BCUT2D eigenvalue weighted by Crippen LogP contribution is 2.45. The van der Waals surface area contributed by atoms with Gasteiger partial charge in [0.05, 0.1) is 26.4 Å². The smallest absolute Gasteiger partial charge is 0.463 e. The first kappa shape index (κ1) is 110. The quantitative estimate of drug-likeness (QED) is 0.0146. The number of ether oxygens (including phenoxy) is 3. The van der Waals surface area contributed by atoms with Gasteiger partial charge in [0.1, 0.15) is 25.4 Å². The number of aliphatic hydroxyl groups is 2. The van der Waals surface area contributed by atoms with Crippen molar-refractivity contribution >= 4 is 33.6 Å². The Hall–Kier alpha value is -5.35. The average molecular weight is 1650 g/mol. The summed E-state index contributed by atoms with van der Waals surface area (Å²) >= 11 is 0. The predicted molar refractivity (Wildman–Crippen MR) is 481 cm³/mol. The zero-order valence-electron chi connectivity index (χ0n) is 72.1. The van der Waals surface area contributed by atoms with Crippen LogP contribution in [0.15, 0.2) is 182 Å². The maximum absolute atomic E-state index is 13.1. The number of rotatable bonds is 84. The van der Waals surface area contributed by atoms with Crippen molar-refractivity contribution in [2.75, 3.05) is 39.6 Å². The van der Waals surface area contributed by atoms with Gasteiger partial charge in [0.15, 0.2) is 6.10 Å². The zero-order chi connectivity index (χ0) is 83.6. The van der Waals surface area contributed by atoms with E-state index in [2.05, 4.69) is 203 Å². The van der Waals surface area contributed by atoms with Gasteiger partial charge < -0.3 is 34.2 Å². The second-order valence-electron chi connectivity index (χ2n) is 29.6. The standard InChI is InChI=1S/C97H162O16P2/c1-4-7-10-13-16-19-22-25-28-31-34-37-39-41-43-44-45-46-48-50-51-54-56-59-62-65-68-71-74-77-80-83-95(100)107-86-92(98)87-109-114(103,104)110-88-93(99)89-111-115(105,106)112-91-94(113-97(102)85-82-79-76-73-70-67-64-61-58-53-36-33-30-27-24-21-18-15-12-9-6-3)90-108-96(101)84-81-78-75-72-69-66-63-60-57-55-52-49-47-42-40-38-35-32-29-26-23-20-17-14-11-8-5-2/h7,9-10,12,16-21,25-30,34-38,41-43,45-47,53,61,64,92-94,98-99H,4-6,8,11,13-15,22-24,31-33,39-40,44,48-52,54-60,62-63,65-91H2,1-3H3,(H,103,104)(H,105,106)/b10-7-,12-9-,19-16-,20-17-,21-18-,28-25-,29-26-,30-27-,37-34-,38-35-,43-41-,46-45-,47-42-,53-36-,64-61-. The Balaban J connectivity index is 4.63. The summed E-state index contributed by atoms with van der Waals surface area (Å²) in [5.41, 5.74) is 0. The van der Waals surface area contributed by atoms with Gasteiger partial charge in [0, 0.05) is 19.3 Å². The van der Waals surface area contributed by atoms with E-state index in [1.165, 1.54) is 116 Å². The Morgan fingerprint density at radius 2 is 0.461 bits per heavy atom. The molecule has 0 bridgehead atoms. The number of unbranched alkanes of at least 4 members (excludes halogenated alkanes) is 31. The fourth-order valence-corrected chi connectivity index (χ4v) is 13.4. The van der Waals surface area contributed by atoms with Gasteiger partial charge in [-0.2, -0.15) is 0 Å². The number of carbonyl (C=O) groups is 3. The molecule has 4 N–H and O–H groups in total. The van der Waals surface area contributed by atoms with Crippen molar-refractivity contribution in [2.24, 2.45) is 0 Å². The second kappa shape index (κ2) is 87.9. The summed E-state index contributed by atoms with van der Waals surface area (Å²) in [6.45, 7) is 2.42. The van der Waals surface area contributed by atoms with Crippen LogP contribution in [0.5, 0.6) is 0 Å². The number of carbonyl (C=O) groups excluding carboxylic acids is 3. The fraction of sp³-hybridized carbons (Fsp3) is 0.660. The van der Waals surface area contributed by atoms with Gasteiger partial charge in [-0.3, -0.25) is 32.5 Å². The van der Waals surface area contributed by atoms with Crippen LogP contribution in [0.2, 0.25) is 0 Å². The molecule has 0 saturated carbocycles. The van der Waals surface area contributed by atoms with Crippen LogP contribution < -0.4 is 0 Å². The van der Waals surface area contributed by atoms with Crippen molar-refractivity contribution in [1.29, 1.82) is 0 Å². The van der Waals surface area contributed by atoms with E-state index < -0.39 is 91.5 Å². The van der Waals surface area contributed by atoms with E-state index >= 15 is 0 Å². The molecule has 0 amide bonds. The van der Waals surface area contributed by atoms with Crippen molar-refractivity contribution in [2.45, 2.75) is 373 Å². The summed E-state index contributed by atoms with van der Waals surface area (Å²) < 4.78 is 61.4. The van der Waals surface area contributed by atoms with Crippen LogP contribution in [0, 0.1) is 0 Å². The highest BCUT2D eigenvalue weighted by atomic mass is 31.2. The first-order chi connectivity index (χ1) is 56.2. The molecule has 115 heavy (non-hydrogen) atoms. The molecule has 0 rings (SSSR count). The molecule has 0 aromatic heterocycles. The summed E-state index contributed by atoms with van der Waals surface area (Å²) in [4.78, 5) is 59.0. The van der Waals surface area contributed by atoms with Crippen LogP contribution in [0.25, 0.3) is 0 Å². The van der Waals surface area contributed by atoms with Crippen LogP contribution in [-0.4, -0.2) is 95.9 Å². The summed E-state index contributed by atoms with van der Waals surface area (Å²) in [6.07, 6.45) is 115. The average Bonchev–Trinajstić information content (AvgIpc) is 0.902. The Morgan fingerprint density at radius 1 is 0.252 bits per heavy atom. The Morgan fingerprint density at radius 3 is 0.730 bits per heavy atom. The van der Waals surface area contributed by atoms with Crippen molar-refractivity contribution in [3.63, 3.8) is 0 Å². The molecule has 5 atom stereocenters. The Kier molecular flexibility index (Phi) is 83.9. The maximum Gasteiger partial charge on any atom is 0.472 e. The predicted octanol–water partition coefficient (Wildman–Crippen LogP) is 27.7. The van der Waals surface area contributed by atoms with Crippen LogP contribution in [0.3, 0.4) is 0 Å². The Bertz CT molecular complexity index is 2820. The maximum atomic E-state index is 13.1. The van der Waals surface area contributed by atoms with Gasteiger partial charge in [-0.05, 0) is 161 Å². The highest BCUT2D eigenvalue weighted by molar-refractivity contribution is 7.47. The van der Waals surface area contributed by atoms with Crippen LogP contribution in [0.4, 0.5) is 0 Å². The van der Waals surface area contributed by atoms with Gasteiger partial charge in [-0.25, -0.2) is 9.13 Å². The van der Waals surface area contributed by atoms with Crippen molar-refractivity contribution < 1.29 is 75.8 Å². The van der Waals surface area contributed by atoms with Crippen molar-refractivity contribution in [1.82, 2.24) is 0 Å². The first-order valence-corrected chi connectivity index (χ1v) is 48.1. The third kappa shape index (κ3) is 89.3. The topological polar surface area (TPSA) is 231 Å². The third-order valence-corrected chi connectivity index (χ3v) is 20.5. The van der Waals surface area contributed by atoms with E-state index in [9.17, 15) is 43.5 Å².